The first-order valence-corrected chi connectivity index (χ1v) is 9.12. The molecule has 0 saturated carbocycles. The Bertz CT molecular complexity index is 804. The van der Waals surface area contributed by atoms with Crippen molar-refractivity contribution in [3.8, 4) is 0 Å². The zero-order chi connectivity index (χ0) is 17.9. The van der Waals surface area contributed by atoms with E-state index in [0.29, 0.717) is 13.2 Å². The van der Waals surface area contributed by atoms with Gasteiger partial charge in [0.15, 0.2) is 0 Å². The van der Waals surface area contributed by atoms with Crippen molar-refractivity contribution in [3.05, 3.63) is 76.8 Å². The second-order valence-electron chi connectivity index (χ2n) is 6.61. The third-order valence-electron chi connectivity index (χ3n) is 4.83. The number of carbonyl (C=O) groups is 1. The van der Waals surface area contributed by atoms with Gasteiger partial charge in [-0.25, -0.2) is 4.79 Å². The summed E-state index contributed by atoms with van der Waals surface area (Å²) in [5.41, 5.74) is 3.35. The van der Waals surface area contributed by atoms with Gasteiger partial charge in [-0.3, -0.25) is 4.90 Å². The van der Waals surface area contributed by atoms with Crippen LogP contribution >= 0.6 is 11.6 Å². The fourth-order valence-corrected chi connectivity index (χ4v) is 3.68. The summed E-state index contributed by atoms with van der Waals surface area (Å²) in [6.45, 7) is 1.31. The molecule has 2 heterocycles. The summed E-state index contributed by atoms with van der Waals surface area (Å²) < 4.78 is 11.2. The molecule has 2 aromatic carbocycles. The van der Waals surface area contributed by atoms with Gasteiger partial charge in [-0.2, -0.15) is 0 Å². The normalized spacial score (nSPS) is 21.9. The molecule has 0 radical (unpaired) electrons. The van der Waals surface area contributed by atoms with Crippen LogP contribution in [0.5, 0.6) is 0 Å². The van der Waals surface area contributed by atoms with Crippen molar-refractivity contribution in [2.45, 2.75) is 25.1 Å². The Morgan fingerprint density at radius 3 is 2.62 bits per heavy atom. The van der Waals surface area contributed by atoms with Crippen LogP contribution in [-0.4, -0.2) is 36.3 Å². The molecule has 1 saturated heterocycles. The number of rotatable bonds is 3. The Labute approximate surface area is 158 Å². The lowest BCUT2D eigenvalue weighted by Crippen LogP contribution is -2.56. The summed E-state index contributed by atoms with van der Waals surface area (Å²) in [7, 11) is 0. The minimum absolute atomic E-state index is 0.00676. The van der Waals surface area contributed by atoms with E-state index < -0.39 is 0 Å². The van der Waals surface area contributed by atoms with Crippen LogP contribution in [0.2, 0.25) is 5.02 Å². The van der Waals surface area contributed by atoms with Gasteiger partial charge >= 0.3 is 6.09 Å². The summed E-state index contributed by atoms with van der Waals surface area (Å²) in [6.07, 6.45) is 2.58. The first-order chi connectivity index (χ1) is 12.7. The molecule has 26 heavy (non-hydrogen) atoms. The molecule has 134 valence electrons. The van der Waals surface area contributed by atoms with Crippen LogP contribution in [0.25, 0.3) is 5.57 Å². The Balaban J connectivity index is 1.49. The number of ether oxygens (including phenoxy) is 2. The highest BCUT2D eigenvalue weighted by atomic mass is 35.5. The number of benzene rings is 2. The van der Waals surface area contributed by atoms with E-state index in [0.717, 1.165) is 22.6 Å². The van der Waals surface area contributed by atoms with Crippen molar-refractivity contribution >= 4 is 23.3 Å². The van der Waals surface area contributed by atoms with Gasteiger partial charge in [-0.05, 0) is 35.3 Å². The fraction of sp³-hybridized carbons (Fsp3) is 0.286. The highest BCUT2D eigenvalue weighted by Crippen LogP contribution is 2.33. The highest BCUT2D eigenvalue weighted by molar-refractivity contribution is 6.30. The molecule has 2 unspecified atom stereocenters. The number of hydrogen-bond donors (Lipinski definition) is 0. The molecule has 4 rings (SSSR count). The van der Waals surface area contributed by atoms with Crippen molar-refractivity contribution in [1.29, 1.82) is 0 Å². The van der Waals surface area contributed by atoms with Gasteiger partial charge in [-0.15, -0.1) is 0 Å². The molecular weight excluding hydrogens is 350 g/mol. The predicted molar refractivity (Wildman–Crippen MR) is 101 cm³/mol. The smallest absolute Gasteiger partial charge is 0.411 e. The minimum Gasteiger partial charge on any atom is -0.445 e. The molecule has 0 N–H and O–H groups in total. The van der Waals surface area contributed by atoms with E-state index in [1.54, 1.807) is 0 Å². The monoisotopic (exact) mass is 369 g/mol. The number of carbonyl (C=O) groups excluding carboxylic acids is 1. The average molecular weight is 370 g/mol. The van der Waals surface area contributed by atoms with Crippen molar-refractivity contribution < 1.29 is 14.3 Å². The molecule has 0 aliphatic carbocycles. The van der Waals surface area contributed by atoms with E-state index in [4.69, 9.17) is 21.1 Å². The van der Waals surface area contributed by atoms with Crippen molar-refractivity contribution in [2.75, 3.05) is 13.2 Å². The molecule has 0 spiro atoms. The van der Waals surface area contributed by atoms with Gasteiger partial charge in [0.1, 0.15) is 6.61 Å². The van der Waals surface area contributed by atoms with E-state index in [9.17, 15) is 4.79 Å². The quantitative estimate of drug-likeness (QED) is 0.797. The molecule has 0 aromatic heterocycles. The van der Waals surface area contributed by atoms with E-state index >= 15 is 0 Å². The van der Waals surface area contributed by atoms with E-state index in [1.807, 2.05) is 59.5 Å². The standard InChI is InChI=1S/C21H20ClNO3/c22-18-8-6-16(7-9-18)17-10-19-13-25-14-20(11-17)23(19)21(24)26-12-15-4-2-1-3-5-15/h1-10,19-20H,11-14H2. The molecule has 2 aliphatic heterocycles. The highest BCUT2D eigenvalue weighted by Gasteiger charge is 2.39. The van der Waals surface area contributed by atoms with Gasteiger partial charge in [0.25, 0.3) is 0 Å². The molecular formula is C21H20ClNO3. The summed E-state index contributed by atoms with van der Waals surface area (Å²) in [5, 5.41) is 0.722. The van der Waals surface area contributed by atoms with Crippen LogP contribution in [-0.2, 0) is 16.1 Å². The van der Waals surface area contributed by atoms with Gasteiger partial charge in [0.2, 0.25) is 0 Å². The third-order valence-corrected chi connectivity index (χ3v) is 5.08. The van der Waals surface area contributed by atoms with Crippen LogP contribution in [0.15, 0.2) is 60.7 Å². The third kappa shape index (κ3) is 3.62. The largest absolute Gasteiger partial charge is 0.445 e. The van der Waals surface area contributed by atoms with Gasteiger partial charge in [0.05, 0.1) is 25.3 Å². The van der Waals surface area contributed by atoms with Gasteiger partial charge < -0.3 is 9.47 Å². The van der Waals surface area contributed by atoms with Crippen LogP contribution in [0, 0.1) is 0 Å². The first kappa shape index (κ1) is 17.1. The number of amides is 1. The number of halogens is 1. The van der Waals surface area contributed by atoms with Crippen molar-refractivity contribution in [2.24, 2.45) is 0 Å². The zero-order valence-corrected chi connectivity index (χ0v) is 15.1. The molecule has 1 amide bonds. The van der Waals surface area contributed by atoms with Crippen molar-refractivity contribution in [3.63, 3.8) is 0 Å². The zero-order valence-electron chi connectivity index (χ0n) is 14.3. The maximum atomic E-state index is 12.7. The Kier molecular flexibility index (Phi) is 4.96. The molecule has 2 bridgehead atoms. The van der Waals surface area contributed by atoms with E-state index in [2.05, 4.69) is 6.08 Å². The van der Waals surface area contributed by atoms with Crippen LogP contribution in [0.4, 0.5) is 4.79 Å². The van der Waals surface area contributed by atoms with Crippen LogP contribution in [0.1, 0.15) is 17.5 Å². The number of morpholine rings is 1. The van der Waals surface area contributed by atoms with Crippen molar-refractivity contribution in [1.82, 2.24) is 4.90 Å². The Morgan fingerprint density at radius 1 is 1.12 bits per heavy atom. The first-order valence-electron chi connectivity index (χ1n) is 8.74. The Hall–Kier alpha value is -2.30. The molecule has 5 heteroatoms. The van der Waals surface area contributed by atoms with E-state index in [1.165, 1.54) is 5.57 Å². The van der Waals surface area contributed by atoms with Crippen LogP contribution in [0.3, 0.4) is 0 Å². The van der Waals surface area contributed by atoms with E-state index in [-0.39, 0.29) is 24.8 Å². The summed E-state index contributed by atoms with van der Waals surface area (Å²) in [4.78, 5) is 14.5. The lowest BCUT2D eigenvalue weighted by Gasteiger charge is -2.43. The SMILES string of the molecule is O=C(OCc1ccccc1)N1C2C=C(c3ccc(Cl)cc3)CC1COC2. The lowest BCUT2D eigenvalue weighted by molar-refractivity contribution is -0.0342. The predicted octanol–water partition coefficient (Wildman–Crippen LogP) is 4.53. The second kappa shape index (κ2) is 7.52. The van der Waals surface area contributed by atoms with Gasteiger partial charge in [-0.1, -0.05) is 60.1 Å². The summed E-state index contributed by atoms with van der Waals surface area (Å²) >= 11 is 5.99. The summed E-state index contributed by atoms with van der Waals surface area (Å²) in [6, 6.07) is 17.4. The molecule has 2 aliphatic rings. The summed E-state index contributed by atoms with van der Waals surface area (Å²) in [5.74, 6) is 0. The maximum absolute atomic E-state index is 12.7. The fourth-order valence-electron chi connectivity index (χ4n) is 3.55. The molecule has 4 nitrogen and oxygen atoms in total. The number of nitrogens with zero attached hydrogens (tertiary/aromatic N) is 1. The molecule has 1 fully saturated rings. The maximum Gasteiger partial charge on any atom is 0.411 e. The molecule has 2 aromatic rings. The second-order valence-corrected chi connectivity index (χ2v) is 7.05. The lowest BCUT2D eigenvalue weighted by atomic mass is 9.90. The van der Waals surface area contributed by atoms with Gasteiger partial charge in [0, 0.05) is 5.02 Å². The molecule has 2 atom stereocenters. The van der Waals surface area contributed by atoms with Crippen LogP contribution < -0.4 is 0 Å². The Morgan fingerprint density at radius 2 is 1.88 bits per heavy atom. The topological polar surface area (TPSA) is 38.8 Å². The minimum atomic E-state index is -0.279. The average Bonchev–Trinajstić information content (AvgIpc) is 2.66. The number of hydrogen-bond acceptors (Lipinski definition) is 3. The number of fused-ring (bicyclic) bond motifs is 2.